The SMILES string of the molecule is CCCCCC(O)c1ccc(C2=C(O)C(=O)CC2C/C=C\CCCC(=O)O)cc1. The van der Waals surface area contributed by atoms with Crippen molar-refractivity contribution in [2.45, 2.75) is 70.8 Å². The van der Waals surface area contributed by atoms with E-state index in [1.54, 1.807) is 0 Å². The highest BCUT2D eigenvalue weighted by atomic mass is 16.4. The Labute approximate surface area is 172 Å². The van der Waals surface area contributed by atoms with Gasteiger partial charge in [-0.05, 0) is 42.7 Å². The standard InChI is InChI=1S/C24H32O5/c1-2-3-6-10-20(25)17-12-14-18(15-13-17)23-19(16-21(26)24(23)29)9-7-4-5-8-11-22(27)28/h4,7,12-15,19-20,25,29H,2-3,5-6,8-11,16H2,1H3,(H,27,28)/b7-4-. The number of hydrogen-bond acceptors (Lipinski definition) is 4. The molecule has 0 spiro atoms. The van der Waals surface area contributed by atoms with Crippen LogP contribution in [0.4, 0.5) is 0 Å². The number of benzene rings is 1. The number of unbranched alkanes of at least 4 members (excludes halogenated alkanes) is 3. The number of carboxylic acid groups (broad SMARTS) is 1. The van der Waals surface area contributed by atoms with Crippen molar-refractivity contribution in [2.24, 2.45) is 5.92 Å². The molecule has 0 saturated carbocycles. The minimum Gasteiger partial charge on any atom is -0.504 e. The monoisotopic (exact) mass is 400 g/mol. The van der Waals surface area contributed by atoms with Crippen molar-refractivity contribution in [1.82, 2.24) is 0 Å². The first-order chi connectivity index (χ1) is 13.9. The Morgan fingerprint density at radius 3 is 2.55 bits per heavy atom. The zero-order chi connectivity index (χ0) is 21.2. The summed E-state index contributed by atoms with van der Waals surface area (Å²) >= 11 is 0. The lowest BCUT2D eigenvalue weighted by Gasteiger charge is -2.15. The second-order valence-corrected chi connectivity index (χ2v) is 7.71. The highest BCUT2D eigenvalue weighted by molar-refractivity contribution is 6.05. The second kappa shape index (κ2) is 11.6. The first-order valence-corrected chi connectivity index (χ1v) is 10.6. The smallest absolute Gasteiger partial charge is 0.303 e. The van der Waals surface area contributed by atoms with Crippen LogP contribution in [-0.4, -0.2) is 27.1 Å². The molecule has 0 fully saturated rings. The number of aliphatic carboxylic acids is 1. The predicted octanol–water partition coefficient (Wildman–Crippen LogP) is 5.36. The summed E-state index contributed by atoms with van der Waals surface area (Å²) in [5.74, 6) is -1.29. The number of ketones is 1. The van der Waals surface area contributed by atoms with Gasteiger partial charge in [0, 0.05) is 18.4 Å². The summed E-state index contributed by atoms with van der Waals surface area (Å²) in [6.07, 6.45) is 9.67. The number of Topliss-reactive ketones (excluding diaryl/α,β-unsaturated/α-hetero) is 1. The van der Waals surface area contributed by atoms with Gasteiger partial charge in [-0.15, -0.1) is 0 Å². The number of carbonyl (C=O) groups is 2. The molecule has 0 aliphatic heterocycles. The van der Waals surface area contributed by atoms with Gasteiger partial charge in [-0.25, -0.2) is 0 Å². The molecule has 2 rings (SSSR count). The highest BCUT2D eigenvalue weighted by Gasteiger charge is 2.32. The third-order valence-electron chi connectivity index (χ3n) is 5.40. The van der Waals surface area contributed by atoms with Gasteiger partial charge in [0.1, 0.15) is 0 Å². The molecule has 0 saturated heterocycles. The van der Waals surface area contributed by atoms with E-state index in [0.717, 1.165) is 36.8 Å². The van der Waals surface area contributed by atoms with Gasteiger partial charge in [-0.2, -0.15) is 0 Å². The van der Waals surface area contributed by atoms with Crippen LogP contribution in [0.5, 0.6) is 0 Å². The van der Waals surface area contributed by atoms with Crippen LogP contribution in [0.1, 0.15) is 81.9 Å². The molecule has 3 N–H and O–H groups in total. The van der Waals surface area contributed by atoms with Gasteiger partial charge in [0.25, 0.3) is 0 Å². The quantitative estimate of drug-likeness (QED) is 0.324. The third kappa shape index (κ3) is 6.86. The summed E-state index contributed by atoms with van der Waals surface area (Å²) in [7, 11) is 0. The van der Waals surface area contributed by atoms with E-state index in [1.807, 2.05) is 36.4 Å². The van der Waals surface area contributed by atoms with Crippen LogP contribution >= 0.6 is 0 Å². The van der Waals surface area contributed by atoms with E-state index in [-0.39, 0.29) is 30.3 Å². The van der Waals surface area contributed by atoms with Gasteiger partial charge in [0.05, 0.1) is 6.10 Å². The fourth-order valence-electron chi connectivity index (χ4n) is 3.73. The van der Waals surface area contributed by atoms with Crippen molar-refractivity contribution in [3.05, 3.63) is 53.3 Å². The third-order valence-corrected chi connectivity index (χ3v) is 5.40. The molecule has 0 amide bonds. The number of rotatable bonds is 12. The summed E-state index contributed by atoms with van der Waals surface area (Å²) < 4.78 is 0. The Morgan fingerprint density at radius 2 is 1.90 bits per heavy atom. The summed E-state index contributed by atoms with van der Waals surface area (Å²) in [5.41, 5.74) is 2.32. The first-order valence-electron chi connectivity index (χ1n) is 10.6. The van der Waals surface area contributed by atoms with Crippen LogP contribution in [0.15, 0.2) is 42.2 Å². The van der Waals surface area contributed by atoms with Crippen LogP contribution in [0.3, 0.4) is 0 Å². The van der Waals surface area contributed by atoms with E-state index < -0.39 is 12.1 Å². The molecule has 0 bridgehead atoms. The van der Waals surface area contributed by atoms with E-state index in [2.05, 4.69) is 6.92 Å². The molecule has 158 valence electrons. The van der Waals surface area contributed by atoms with Crippen molar-refractivity contribution >= 4 is 17.3 Å². The molecule has 1 aliphatic carbocycles. The van der Waals surface area contributed by atoms with Crippen LogP contribution in [-0.2, 0) is 9.59 Å². The van der Waals surface area contributed by atoms with E-state index >= 15 is 0 Å². The van der Waals surface area contributed by atoms with E-state index in [1.165, 1.54) is 0 Å². The van der Waals surface area contributed by atoms with Crippen LogP contribution in [0.2, 0.25) is 0 Å². The van der Waals surface area contributed by atoms with Gasteiger partial charge in [0.15, 0.2) is 11.5 Å². The van der Waals surface area contributed by atoms with Crippen molar-refractivity contribution in [2.75, 3.05) is 0 Å². The first kappa shape index (κ1) is 22.9. The van der Waals surface area contributed by atoms with Gasteiger partial charge in [-0.3, -0.25) is 9.59 Å². The lowest BCUT2D eigenvalue weighted by Crippen LogP contribution is -2.01. The van der Waals surface area contributed by atoms with Crippen molar-refractivity contribution in [3.63, 3.8) is 0 Å². The zero-order valence-corrected chi connectivity index (χ0v) is 17.1. The predicted molar refractivity (Wildman–Crippen MR) is 113 cm³/mol. The number of aliphatic hydroxyl groups excluding tert-OH is 2. The minimum absolute atomic E-state index is 0.0847. The molecular formula is C24H32O5. The van der Waals surface area contributed by atoms with E-state index in [9.17, 15) is 19.8 Å². The maximum atomic E-state index is 12.1. The Bertz CT molecular complexity index is 745. The van der Waals surface area contributed by atoms with Crippen molar-refractivity contribution in [1.29, 1.82) is 0 Å². The molecule has 2 unspecified atom stereocenters. The molecule has 29 heavy (non-hydrogen) atoms. The molecule has 0 radical (unpaired) electrons. The van der Waals surface area contributed by atoms with E-state index in [4.69, 9.17) is 5.11 Å². The Balaban J connectivity index is 2.01. The summed E-state index contributed by atoms with van der Waals surface area (Å²) in [6.45, 7) is 2.13. The van der Waals surface area contributed by atoms with Crippen molar-refractivity contribution < 1.29 is 24.9 Å². The van der Waals surface area contributed by atoms with Crippen molar-refractivity contribution in [3.8, 4) is 0 Å². The van der Waals surface area contributed by atoms with Gasteiger partial charge >= 0.3 is 5.97 Å². The van der Waals surface area contributed by atoms with Crippen LogP contribution < -0.4 is 0 Å². The largest absolute Gasteiger partial charge is 0.504 e. The normalized spacial score (nSPS) is 18.0. The second-order valence-electron chi connectivity index (χ2n) is 7.71. The Hall–Kier alpha value is -2.40. The van der Waals surface area contributed by atoms with Crippen LogP contribution in [0.25, 0.3) is 5.57 Å². The topological polar surface area (TPSA) is 94.8 Å². The van der Waals surface area contributed by atoms with Gasteiger partial charge < -0.3 is 15.3 Å². The number of aliphatic hydroxyl groups is 2. The molecular weight excluding hydrogens is 368 g/mol. The molecule has 0 aromatic heterocycles. The zero-order valence-electron chi connectivity index (χ0n) is 17.1. The lowest BCUT2D eigenvalue weighted by atomic mass is 9.90. The van der Waals surface area contributed by atoms with Crippen LogP contribution in [0, 0.1) is 5.92 Å². The lowest BCUT2D eigenvalue weighted by molar-refractivity contribution is -0.137. The average Bonchev–Trinajstić information content (AvgIpc) is 2.98. The fraction of sp³-hybridized carbons (Fsp3) is 0.500. The molecule has 1 aromatic carbocycles. The molecule has 5 heteroatoms. The fourth-order valence-corrected chi connectivity index (χ4v) is 3.73. The Morgan fingerprint density at radius 1 is 1.17 bits per heavy atom. The maximum Gasteiger partial charge on any atom is 0.303 e. The average molecular weight is 401 g/mol. The summed E-state index contributed by atoms with van der Waals surface area (Å²) in [5, 5.41) is 29.3. The van der Waals surface area contributed by atoms with Gasteiger partial charge in [0.2, 0.25) is 0 Å². The number of carbonyl (C=O) groups excluding carboxylic acids is 1. The molecule has 1 aliphatic rings. The molecule has 2 atom stereocenters. The molecule has 5 nitrogen and oxygen atoms in total. The number of carboxylic acids is 1. The number of hydrogen-bond donors (Lipinski definition) is 3. The Kier molecular flexibility index (Phi) is 9.13. The minimum atomic E-state index is -0.797. The van der Waals surface area contributed by atoms with Gasteiger partial charge in [-0.1, -0.05) is 62.6 Å². The number of allylic oxidation sites excluding steroid dienone is 4. The highest BCUT2D eigenvalue weighted by Crippen LogP contribution is 2.38. The summed E-state index contributed by atoms with van der Waals surface area (Å²) in [6, 6.07) is 7.47. The van der Waals surface area contributed by atoms with E-state index in [0.29, 0.717) is 24.8 Å². The molecule has 1 aromatic rings. The summed E-state index contributed by atoms with van der Waals surface area (Å²) in [4.78, 5) is 22.6. The molecule has 0 heterocycles. The maximum absolute atomic E-state index is 12.1.